The van der Waals surface area contributed by atoms with Gasteiger partial charge in [-0.1, -0.05) is 0 Å². The second-order valence-electron chi connectivity index (χ2n) is 5.58. The van der Waals surface area contributed by atoms with E-state index in [9.17, 15) is 9.59 Å². The summed E-state index contributed by atoms with van der Waals surface area (Å²) >= 11 is 0. The van der Waals surface area contributed by atoms with Crippen molar-refractivity contribution in [3.8, 4) is 0 Å². The first-order chi connectivity index (χ1) is 12.6. The van der Waals surface area contributed by atoms with Crippen molar-refractivity contribution >= 4 is 28.9 Å². The van der Waals surface area contributed by atoms with Crippen LogP contribution in [0.3, 0.4) is 0 Å². The van der Waals surface area contributed by atoms with Gasteiger partial charge in [-0.2, -0.15) is 0 Å². The van der Waals surface area contributed by atoms with E-state index in [2.05, 4.69) is 20.9 Å². The summed E-state index contributed by atoms with van der Waals surface area (Å²) < 4.78 is 5.26. The van der Waals surface area contributed by atoms with Gasteiger partial charge in [0.15, 0.2) is 0 Å². The molecule has 0 spiro atoms. The lowest BCUT2D eigenvalue weighted by Crippen LogP contribution is -2.14. The third-order valence-electron chi connectivity index (χ3n) is 3.50. The molecule has 0 unspecified atom stereocenters. The fourth-order valence-electron chi connectivity index (χ4n) is 2.30. The van der Waals surface area contributed by atoms with Gasteiger partial charge in [0, 0.05) is 30.2 Å². The maximum absolute atomic E-state index is 12.4. The van der Waals surface area contributed by atoms with Crippen LogP contribution in [0.5, 0.6) is 0 Å². The number of carbonyl (C=O) groups is 2. The van der Waals surface area contributed by atoms with Gasteiger partial charge >= 0.3 is 0 Å². The normalized spacial score (nSPS) is 10.2. The molecule has 3 rings (SSSR count). The number of carbonyl (C=O) groups excluding carboxylic acids is 2. The number of benzene rings is 1. The summed E-state index contributed by atoms with van der Waals surface area (Å²) in [5.41, 5.74) is 2.33. The quantitative estimate of drug-likeness (QED) is 0.632. The zero-order chi connectivity index (χ0) is 18.4. The first-order valence-electron chi connectivity index (χ1n) is 8.01. The monoisotopic (exact) mass is 350 g/mol. The summed E-state index contributed by atoms with van der Waals surface area (Å²) in [6.45, 7) is 1.96. The van der Waals surface area contributed by atoms with Crippen LogP contribution >= 0.6 is 0 Å². The third-order valence-corrected chi connectivity index (χ3v) is 3.50. The predicted molar refractivity (Wildman–Crippen MR) is 99.0 cm³/mol. The number of rotatable bonds is 6. The van der Waals surface area contributed by atoms with Crippen LogP contribution in [-0.4, -0.2) is 16.8 Å². The van der Waals surface area contributed by atoms with Crippen molar-refractivity contribution in [3.05, 3.63) is 72.4 Å². The van der Waals surface area contributed by atoms with Gasteiger partial charge in [-0.3, -0.25) is 14.6 Å². The van der Waals surface area contributed by atoms with Gasteiger partial charge in [-0.25, -0.2) is 0 Å². The number of pyridine rings is 1. The highest BCUT2D eigenvalue weighted by Crippen LogP contribution is 2.16. The Hall–Kier alpha value is -3.61. The van der Waals surface area contributed by atoms with Gasteiger partial charge in [-0.05, 0) is 48.5 Å². The fourth-order valence-corrected chi connectivity index (χ4v) is 2.30. The fraction of sp³-hybridized carbons (Fsp3) is 0.105. The topological polar surface area (TPSA) is 96.3 Å². The molecule has 0 radical (unpaired) electrons. The van der Waals surface area contributed by atoms with Crippen molar-refractivity contribution in [3.63, 3.8) is 0 Å². The largest absolute Gasteiger partial charge is 0.467 e. The number of hydrogen-bond donors (Lipinski definition) is 3. The zero-order valence-electron chi connectivity index (χ0n) is 14.2. The highest BCUT2D eigenvalue weighted by Gasteiger charge is 2.09. The standard InChI is InChI=1S/C19H18N4O3/c1-13(24)22-14-4-6-15(7-5-14)23-19(25)18-11-16(8-9-20-18)21-12-17-3-2-10-26-17/h2-11H,12H2,1H3,(H,20,21)(H,22,24)(H,23,25). The van der Waals surface area contributed by atoms with E-state index < -0.39 is 0 Å². The van der Waals surface area contributed by atoms with Crippen molar-refractivity contribution < 1.29 is 14.0 Å². The summed E-state index contributed by atoms with van der Waals surface area (Å²) in [6.07, 6.45) is 3.18. The molecule has 2 aromatic heterocycles. The number of anilines is 3. The molecule has 0 atom stereocenters. The first-order valence-corrected chi connectivity index (χ1v) is 8.01. The maximum atomic E-state index is 12.4. The lowest BCUT2D eigenvalue weighted by atomic mass is 10.2. The molecule has 3 N–H and O–H groups in total. The zero-order valence-corrected chi connectivity index (χ0v) is 14.2. The third kappa shape index (κ3) is 4.70. The Morgan fingerprint density at radius 2 is 1.73 bits per heavy atom. The van der Waals surface area contributed by atoms with Gasteiger partial charge < -0.3 is 20.4 Å². The smallest absolute Gasteiger partial charge is 0.274 e. The molecule has 0 aliphatic carbocycles. The summed E-state index contributed by atoms with van der Waals surface area (Å²) in [4.78, 5) is 27.5. The lowest BCUT2D eigenvalue weighted by molar-refractivity contribution is -0.114. The van der Waals surface area contributed by atoms with Gasteiger partial charge in [0.05, 0.1) is 12.8 Å². The molecule has 0 aliphatic heterocycles. The van der Waals surface area contributed by atoms with E-state index >= 15 is 0 Å². The minimum atomic E-state index is -0.320. The minimum Gasteiger partial charge on any atom is -0.467 e. The SMILES string of the molecule is CC(=O)Nc1ccc(NC(=O)c2cc(NCc3ccco3)ccn2)cc1. The average Bonchev–Trinajstić information content (AvgIpc) is 3.15. The van der Waals surface area contributed by atoms with E-state index in [0.717, 1.165) is 11.4 Å². The highest BCUT2D eigenvalue weighted by atomic mass is 16.3. The maximum Gasteiger partial charge on any atom is 0.274 e. The number of furan rings is 1. The van der Waals surface area contributed by atoms with E-state index in [4.69, 9.17) is 4.42 Å². The molecular formula is C19H18N4O3. The molecule has 7 heteroatoms. The first kappa shape index (κ1) is 17.2. The van der Waals surface area contributed by atoms with Crippen LogP contribution < -0.4 is 16.0 Å². The van der Waals surface area contributed by atoms with Crippen molar-refractivity contribution in [1.82, 2.24) is 4.98 Å². The number of aromatic nitrogens is 1. The Morgan fingerprint density at radius 1 is 1.00 bits per heavy atom. The molecule has 0 aliphatic rings. The molecule has 132 valence electrons. The number of amides is 2. The summed E-state index contributed by atoms with van der Waals surface area (Å²) in [5, 5.41) is 8.62. The Balaban J connectivity index is 1.62. The van der Waals surface area contributed by atoms with Crippen LogP contribution in [0.4, 0.5) is 17.1 Å². The van der Waals surface area contributed by atoms with Crippen molar-refractivity contribution in [2.24, 2.45) is 0 Å². The van der Waals surface area contributed by atoms with Crippen LogP contribution in [0.2, 0.25) is 0 Å². The van der Waals surface area contributed by atoms with E-state index in [-0.39, 0.29) is 11.8 Å². The van der Waals surface area contributed by atoms with E-state index in [1.54, 1.807) is 48.9 Å². The molecule has 26 heavy (non-hydrogen) atoms. The average molecular weight is 350 g/mol. The van der Waals surface area contributed by atoms with Crippen LogP contribution in [0.15, 0.2) is 65.4 Å². The highest BCUT2D eigenvalue weighted by molar-refractivity contribution is 6.03. The Morgan fingerprint density at radius 3 is 2.38 bits per heavy atom. The van der Waals surface area contributed by atoms with Crippen molar-refractivity contribution in [1.29, 1.82) is 0 Å². The van der Waals surface area contributed by atoms with Crippen molar-refractivity contribution in [2.75, 3.05) is 16.0 Å². The Bertz CT molecular complexity index is 889. The second-order valence-corrected chi connectivity index (χ2v) is 5.58. The van der Waals surface area contributed by atoms with Crippen LogP contribution in [-0.2, 0) is 11.3 Å². The minimum absolute atomic E-state index is 0.148. The van der Waals surface area contributed by atoms with Crippen molar-refractivity contribution in [2.45, 2.75) is 13.5 Å². The number of hydrogen-bond acceptors (Lipinski definition) is 5. The second kappa shape index (κ2) is 7.98. The summed E-state index contributed by atoms with van der Waals surface area (Å²) in [7, 11) is 0. The molecular weight excluding hydrogens is 332 g/mol. The molecule has 0 bridgehead atoms. The van der Waals surface area contributed by atoms with E-state index in [0.29, 0.717) is 23.6 Å². The van der Waals surface area contributed by atoms with Crippen LogP contribution in [0.1, 0.15) is 23.2 Å². The Labute approximate surface area is 150 Å². The summed E-state index contributed by atoms with van der Waals surface area (Å²) in [5.74, 6) is 0.329. The predicted octanol–water partition coefficient (Wildman–Crippen LogP) is 3.50. The molecule has 0 saturated carbocycles. The van der Waals surface area contributed by atoms with Gasteiger partial charge in [0.25, 0.3) is 5.91 Å². The molecule has 1 aromatic carbocycles. The number of nitrogens with one attached hydrogen (secondary N) is 3. The van der Waals surface area contributed by atoms with Gasteiger partial charge in [-0.15, -0.1) is 0 Å². The molecule has 0 fully saturated rings. The molecule has 7 nitrogen and oxygen atoms in total. The molecule has 3 aromatic rings. The number of nitrogens with zero attached hydrogens (tertiary/aromatic N) is 1. The molecule has 0 saturated heterocycles. The van der Waals surface area contributed by atoms with Gasteiger partial charge in [0.1, 0.15) is 11.5 Å². The lowest BCUT2D eigenvalue weighted by Gasteiger charge is -2.08. The van der Waals surface area contributed by atoms with E-state index in [1.807, 2.05) is 12.1 Å². The summed E-state index contributed by atoms with van der Waals surface area (Å²) in [6, 6.07) is 14.0. The Kier molecular flexibility index (Phi) is 5.28. The molecule has 2 amide bonds. The van der Waals surface area contributed by atoms with Gasteiger partial charge in [0.2, 0.25) is 5.91 Å². The van der Waals surface area contributed by atoms with Crippen LogP contribution in [0.25, 0.3) is 0 Å². The molecule has 2 heterocycles. The van der Waals surface area contributed by atoms with E-state index in [1.165, 1.54) is 6.92 Å². The van der Waals surface area contributed by atoms with Crippen LogP contribution in [0, 0.1) is 0 Å².